The Labute approximate surface area is 138 Å². The van der Waals surface area contributed by atoms with Crippen LogP contribution in [-0.2, 0) is 0 Å². The maximum atomic E-state index is 6.18. The summed E-state index contributed by atoms with van der Waals surface area (Å²) >= 11 is 9.76. The summed E-state index contributed by atoms with van der Waals surface area (Å²) < 4.78 is 1.13. The van der Waals surface area contributed by atoms with Crippen LogP contribution in [0.2, 0.25) is 5.02 Å². The maximum absolute atomic E-state index is 6.18. The SMILES string of the molecule is Clc1ccc2c(c1)C1C=CCC1C(c1cccc(Br)c1)N2. The van der Waals surface area contributed by atoms with Gasteiger partial charge in [-0.1, -0.05) is 51.8 Å². The Kier molecular flexibility index (Phi) is 3.31. The Hall–Kier alpha value is -1.25. The van der Waals surface area contributed by atoms with Gasteiger partial charge in [0, 0.05) is 21.1 Å². The molecule has 0 fully saturated rings. The molecule has 0 amide bonds. The van der Waals surface area contributed by atoms with Crippen LogP contribution < -0.4 is 5.32 Å². The van der Waals surface area contributed by atoms with E-state index in [0.717, 1.165) is 15.9 Å². The summed E-state index contributed by atoms with van der Waals surface area (Å²) in [7, 11) is 0. The summed E-state index contributed by atoms with van der Waals surface area (Å²) in [5, 5.41) is 4.53. The van der Waals surface area contributed by atoms with Crippen molar-refractivity contribution in [2.75, 3.05) is 5.32 Å². The first-order chi connectivity index (χ1) is 10.2. The average Bonchev–Trinajstić information content (AvgIpc) is 2.96. The molecule has 1 N–H and O–H groups in total. The lowest BCUT2D eigenvalue weighted by Crippen LogP contribution is -2.29. The second-order valence-corrected chi connectivity index (χ2v) is 7.11. The predicted octanol–water partition coefficient (Wildman–Crippen LogP) is 5.93. The first kappa shape index (κ1) is 13.4. The maximum Gasteiger partial charge on any atom is 0.0554 e. The van der Waals surface area contributed by atoms with Crippen molar-refractivity contribution >= 4 is 33.2 Å². The third kappa shape index (κ3) is 2.31. The zero-order valence-electron chi connectivity index (χ0n) is 11.4. The van der Waals surface area contributed by atoms with Crippen LogP contribution in [0.15, 0.2) is 59.1 Å². The molecule has 2 aromatic rings. The van der Waals surface area contributed by atoms with Gasteiger partial charge >= 0.3 is 0 Å². The molecule has 0 spiro atoms. The van der Waals surface area contributed by atoms with Gasteiger partial charge in [0.25, 0.3) is 0 Å². The molecule has 21 heavy (non-hydrogen) atoms. The summed E-state index contributed by atoms with van der Waals surface area (Å²) in [6.07, 6.45) is 5.75. The molecule has 1 aliphatic carbocycles. The van der Waals surface area contributed by atoms with Crippen LogP contribution in [0.4, 0.5) is 5.69 Å². The van der Waals surface area contributed by atoms with Crippen LogP contribution in [0.25, 0.3) is 0 Å². The molecule has 1 nitrogen and oxygen atoms in total. The standard InChI is InChI=1S/C18H15BrClN/c19-12-4-1-3-11(9-12)18-15-6-2-5-14(15)16-10-13(20)7-8-17(16)21-18/h1-5,7-10,14-15,18,21H,6H2. The zero-order valence-corrected chi connectivity index (χ0v) is 13.7. The Balaban J connectivity index is 1.80. The molecule has 0 aromatic heterocycles. The second kappa shape index (κ2) is 5.19. The van der Waals surface area contributed by atoms with Gasteiger partial charge < -0.3 is 5.32 Å². The Morgan fingerprint density at radius 1 is 1.14 bits per heavy atom. The fourth-order valence-electron chi connectivity index (χ4n) is 3.60. The van der Waals surface area contributed by atoms with Gasteiger partial charge in [-0.3, -0.25) is 0 Å². The van der Waals surface area contributed by atoms with Crippen molar-refractivity contribution in [3.8, 4) is 0 Å². The number of nitrogens with one attached hydrogen (secondary N) is 1. The summed E-state index contributed by atoms with van der Waals surface area (Å²) in [5.74, 6) is 1.02. The molecule has 3 unspecified atom stereocenters. The van der Waals surface area contributed by atoms with Crippen LogP contribution in [0.1, 0.15) is 29.5 Å². The molecule has 2 aromatic carbocycles. The first-order valence-electron chi connectivity index (χ1n) is 7.20. The summed E-state index contributed by atoms with van der Waals surface area (Å²) in [4.78, 5) is 0. The van der Waals surface area contributed by atoms with E-state index in [4.69, 9.17) is 11.6 Å². The predicted molar refractivity (Wildman–Crippen MR) is 91.9 cm³/mol. The smallest absolute Gasteiger partial charge is 0.0554 e. The van der Waals surface area contributed by atoms with E-state index in [1.807, 2.05) is 6.07 Å². The van der Waals surface area contributed by atoms with Gasteiger partial charge in [0.2, 0.25) is 0 Å². The van der Waals surface area contributed by atoms with Crippen molar-refractivity contribution in [1.82, 2.24) is 0 Å². The van der Waals surface area contributed by atoms with Crippen LogP contribution in [0, 0.1) is 5.92 Å². The Morgan fingerprint density at radius 3 is 2.90 bits per heavy atom. The molecular weight excluding hydrogens is 346 g/mol. The van der Waals surface area contributed by atoms with E-state index in [1.54, 1.807) is 0 Å². The van der Waals surface area contributed by atoms with Gasteiger partial charge in [-0.2, -0.15) is 0 Å². The first-order valence-corrected chi connectivity index (χ1v) is 8.37. The Morgan fingerprint density at radius 2 is 2.05 bits per heavy atom. The van der Waals surface area contributed by atoms with E-state index >= 15 is 0 Å². The number of anilines is 1. The molecule has 3 atom stereocenters. The average molecular weight is 361 g/mol. The lowest BCUT2D eigenvalue weighted by Gasteiger charge is -2.37. The van der Waals surface area contributed by atoms with Crippen molar-refractivity contribution in [3.63, 3.8) is 0 Å². The zero-order chi connectivity index (χ0) is 14.4. The molecule has 0 bridgehead atoms. The lowest BCUT2D eigenvalue weighted by atomic mass is 9.77. The molecule has 0 saturated heterocycles. The van der Waals surface area contributed by atoms with Gasteiger partial charge in [0.1, 0.15) is 0 Å². The highest BCUT2D eigenvalue weighted by molar-refractivity contribution is 9.10. The number of fused-ring (bicyclic) bond motifs is 3. The van der Waals surface area contributed by atoms with E-state index in [9.17, 15) is 0 Å². The number of benzene rings is 2. The van der Waals surface area contributed by atoms with Gasteiger partial charge in [-0.05, 0) is 53.8 Å². The van der Waals surface area contributed by atoms with Crippen LogP contribution in [0.3, 0.4) is 0 Å². The van der Waals surface area contributed by atoms with Crippen molar-refractivity contribution in [2.24, 2.45) is 5.92 Å². The second-order valence-electron chi connectivity index (χ2n) is 5.76. The van der Waals surface area contributed by atoms with E-state index in [2.05, 4.69) is 69.8 Å². The number of hydrogen-bond donors (Lipinski definition) is 1. The van der Waals surface area contributed by atoms with Gasteiger partial charge in [0.05, 0.1) is 6.04 Å². The van der Waals surface area contributed by atoms with Crippen LogP contribution in [-0.4, -0.2) is 0 Å². The molecule has 2 aliphatic rings. The van der Waals surface area contributed by atoms with Crippen molar-refractivity contribution < 1.29 is 0 Å². The number of halogens is 2. The minimum Gasteiger partial charge on any atom is -0.378 e. The van der Waals surface area contributed by atoms with Crippen molar-refractivity contribution in [2.45, 2.75) is 18.4 Å². The van der Waals surface area contributed by atoms with E-state index in [1.165, 1.54) is 16.8 Å². The molecule has 106 valence electrons. The minimum absolute atomic E-state index is 0.344. The number of rotatable bonds is 1. The third-order valence-electron chi connectivity index (χ3n) is 4.53. The van der Waals surface area contributed by atoms with Crippen LogP contribution >= 0.6 is 27.5 Å². The number of hydrogen-bond acceptors (Lipinski definition) is 1. The van der Waals surface area contributed by atoms with Gasteiger partial charge in [0.15, 0.2) is 0 Å². The van der Waals surface area contributed by atoms with E-state index in [0.29, 0.717) is 17.9 Å². The topological polar surface area (TPSA) is 12.0 Å². The monoisotopic (exact) mass is 359 g/mol. The lowest BCUT2D eigenvalue weighted by molar-refractivity contribution is 0.425. The Bertz CT molecular complexity index is 725. The normalized spacial score (nSPS) is 26.1. The molecular formula is C18H15BrClN. The third-order valence-corrected chi connectivity index (χ3v) is 5.26. The number of allylic oxidation sites excluding steroid dienone is 2. The molecule has 0 radical (unpaired) electrons. The minimum atomic E-state index is 0.344. The van der Waals surface area contributed by atoms with Gasteiger partial charge in [-0.15, -0.1) is 0 Å². The summed E-state index contributed by atoms with van der Waals surface area (Å²) in [6, 6.07) is 15.1. The van der Waals surface area contributed by atoms with Gasteiger partial charge in [-0.25, -0.2) is 0 Å². The molecule has 1 heterocycles. The van der Waals surface area contributed by atoms with Crippen molar-refractivity contribution in [3.05, 3.63) is 75.2 Å². The fourth-order valence-corrected chi connectivity index (χ4v) is 4.19. The quantitative estimate of drug-likeness (QED) is 0.622. The molecule has 0 saturated carbocycles. The van der Waals surface area contributed by atoms with Crippen LogP contribution in [0.5, 0.6) is 0 Å². The fraction of sp³-hybridized carbons (Fsp3) is 0.222. The van der Waals surface area contributed by atoms with Crippen molar-refractivity contribution in [1.29, 1.82) is 0 Å². The van der Waals surface area contributed by atoms with E-state index in [-0.39, 0.29) is 0 Å². The highest BCUT2D eigenvalue weighted by Gasteiger charge is 2.37. The summed E-state index contributed by atoms with van der Waals surface area (Å²) in [6.45, 7) is 0. The highest BCUT2D eigenvalue weighted by atomic mass is 79.9. The molecule has 4 rings (SSSR count). The molecule has 3 heteroatoms. The van der Waals surface area contributed by atoms with E-state index < -0.39 is 0 Å². The largest absolute Gasteiger partial charge is 0.378 e. The molecule has 1 aliphatic heterocycles. The highest BCUT2D eigenvalue weighted by Crippen LogP contribution is 2.50. The summed E-state index contributed by atoms with van der Waals surface area (Å²) in [5.41, 5.74) is 3.87.